The molecule has 0 saturated carbocycles. The first-order chi connectivity index (χ1) is 11.2. The van der Waals surface area contributed by atoms with Gasteiger partial charge in [-0.3, -0.25) is 0 Å². The zero-order valence-corrected chi connectivity index (χ0v) is 14.0. The van der Waals surface area contributed by atoms with E-state index < -0.39 is 0 Å². The van der Waals surface area contributed by atoms with E-state index in [-0.39, 0.29) is 12.1 Å². The van der Waals surface area contributed by atoms with E-state index in [1.807, 2.05) is 19.1 Å². The van der Waals surface area contributed by atoms with Crippen LogP contribution in [0.5, 0.6) is 0 Å². The number of hydrogen-bond donors (Lipinski definition) is 1. The first kappa shape index (κ1) is 16.0. The van der Waals surface area contributed by atoms with E-state index in [1.165, 1.54) is 0 Å². The number of ether oxygens (including phenoxy) is 1. The lowest BCUT2D eigenvalue weighted by Crippen LogP contribution is -2.35. The fourth-order valence-electron chi connectivity index (χ4n) is 2.85. The molecule has 0 unspecified atom stereocenters. The molecule has 1 aliphatic rings. The number of anilines is 2. The average molecular weight is 334 g/mol. The lowest BCUT2D eigenvalue weighted by Gasteiger charge is -2.25. The van der Waals surface area contributed by atoms with E-state index >= 15 is 0 Å². The third kappa shape index (κ3) is 3.54. The fraction of sp³-hybridized carbons (Fsp3) is 0.438. The highest BCUT2D eigenvalue weighted by molar-refractivity contribution is 6.33. The minimum atomic E-state index is 0.192. The van der Waals surface area contributed by atoms with Crippen LogP contribution in [0.25, 0.3) is 0 Å². The molecular formula is C16H20ClN5O. The quantitative estimate of drug-likeness (QED) is 0.907. The van der Waals surface area contributed by atoms with Crippen molar-refractivity contribution in [2.24, 2.45) is 0 Å². The van der Waals surface area contributed by atoms with Gasteiger partial charge in [0, 0.05) is 32.6 Å². The second-order valence-electron chi connectivity index (χ2n) is 5.64. The van der Waals surface area contributed by atoms with Crippen LogP contribution in [-0.4, -0.2) is 47.3 Å². The maximum atomic E-state index is 6.30. The summed E-state index contributed by atoms with van der Waals surface area (Å²) in [5.74, 6) is 1.63. The minimum Gasteiger partial charge on any atom is -0.380 e. The molecule has 1 saturated heterocycles. The molecule has 0 aliphatic carbocycles. The number of methoxy groups -OCH3 is 1. The summed E-state index contributed by atoms with van der Waals surface area (Å²) in [6, 6.07) is 4.08. The second-order valence-corrected chi connectivity index (χ2v) is 6.02. The predicted octanol–water partition coefficient (Wildman–Crippen LogP) is 2.54. The molecule has 122 valence electrons. The molecule has 1 aliphatic heterocycles. The summed E-state index contributed by atoms with van der Waals surface area (Å²) < 4.78 is 5.53. The SMILES string of the molecule is CO[C@@H]1C[C@H](CNc2nccc(C)c2Cl)N(c2ccncn2)C1. The third-order valence-electron chi connectivity index (χ3n) is 4.16. The average Bonchev–Trinajstić information content (AvgIpc) is 3.00. The summed E-state index contributed by atoms with van der Waals surface area (Å²) in [4.78, 5) is 14.9. The smallest absolute Gasteiger partial charge is 0.145 e. The predicted molar refractivity (Wildman–Crippen MR) is 91.1 cm³/mol. The molecule has 1 fully saturated rings. The number of aromatic nitrogens is 3. The second kappa shape index (κ2) is 7.10. The Morgan fingerprint density at radius 1 is 1.35 bits per heavy atom. The van der Waals surface area contributed by atoms with Gasteiger partial charge in [0.25, 0.3) is 0 Å². The highest BCUT2D eigenvalue weighted by Crippen LogP contribution is 2.27. The van der Waals surface area contributed by atoms with Crippen LogP contribution in [0.15, 0.2) is 30.9 Å². The molecule has 0 spiro atoms. The molecule has 0 bridgehead atoms. The largest absolute Gasteiger partial charge is 0.380 e. The van der Waals surface area contributed by atoms with Crippen molar-refractivity contribution >= 4 is 23.2 Å². The van der Waals surface area contributed by atoms with Crippen molar-refractivity contribution in [3.05, 3.63) is 41.4 Å². The normalized spacial score (nSPS) is 20.7. The van der Waals surface area contributed by atoms with Crippen LogP contribution in [0.3, 0.4) is 0 Å². The zero-order valence-electron chi connectivity index (χ0n) is 13.2. The molecular weight excluding hydrogens is 314 g/mol. The monoisotopic (exact) mass is 333 g/mol. The van der Waals surface area contributed by atoms with Crippen molar-refractivity contribution in [3.63, 3.8) is 0 Å². The highest BCUT2D eigenvalue weighted by atomic mass is 35.5. The molecule has 3 heterocycles. The van der Waals surface area contributed by atoms with Gasteiger partial charge < -0.3 is 15.0 Å². The van der Waals surface area contributed by atoms with Crippen molar-refractivity contribution in [1.29, 1.82) is 0 Å². The van der Waals surface area contributed by atoms with E-state index in [2.05, 4.69) is 25.2 Å². The van der Waals surface area contributed by atoms with Gasteiger partial charge in [-0.25, -0.2) is 15.0 Å². The van der Waals surface area contributed by atoms with Gasteiger partial charge in [-0.2, -0.15) is 0 Å². The Morgan fingerprint density at radius 2 is 2.22 bits per heavy atom. The van der Waals surface area contributed by atoms with Gasteiger partial charge >= 0.3 is 0 Å². The summed E-state index contributed by atoms with van der Waals surface area (Å²) in [7, 11) is 1.75. The Hall–Kier alpha value is -1.92. The van der Waals surface area contributed by atoms with Crippen molar-refractivity contribution in [3.8, 4) is 0 Å². The highest BCUT2D eigenvalue weighted by Gasteiger charge is 2.33. The molecule has 0 radical (unpaired) electrons. The van der Waals surface area contributed by atoms with Crippen LogP contribution < -0.4 is 10.2 Å². The summed E-state index contributed by atoms with van der Waals surface area (Å²) in [6.45, 7) is 3.51. The van der Waals surface area contributed by atoms with Crippen molar-refractivity contribution < 1.29 is 4.74 Å². The van der Waals surface area contributed by atoms with Crippen LogP contribution in [0.4, 0.5) is 11.6 Å². The minimum absolute atomic E-state index is 0.192. The fourth-order valence-corrected chi connectivity index (χ4v) is 3.03. The molecule has 2 aromatic heterocycles. The Labute approximate surface area is 140 Å². The van der Waals surface area contributed by atoms with Crippen LogP contribution in [-0.2, 0) is 4.74 Å². The van der Waals surface area contributed by atoms with Gasteiger partial charge in [0.05, 0.1) is 17.2 Å². The van der Waals surface area contributed by atoms with Crippen LogP contribution in [0.1, 0.15) is 12.0 Å². The summed E-state index contributed by atoms with van der Waals surface area (Å²) in [5.41, 5.74) is 1.01. The maximum absolute atomic E-state index is 6.30. The first-order valence-corrected chi connectivity index (χ1v) is 7.97. The van der Waals surface area contributed by atoms with Gasteiger partial charge in [0.1, 0.15) is 18.0 Å². The lowest BCUT2D eigenvalue weighted by atomic mass is 10.2. The van der Waals surface area contributed by atoms with E-state index in [0.29, 0.717) is 5.02 Å². The van der Waals surface area contributed by atoms with Gasteiger partial charge in [0.2, 0.25) is 0 Å². The summed E-state index contributed by atoms with van der Waals surface area (Å²) in [5, 5.41) is 4.03. The maximum Gasteiger partial charge on any atom is 0.145 e. The Morgan fingerprint density at radius 3 is 2.96 bits per heavy atom. The van der Waals surface area contributed by atoms with Gasteiger partial charge in [-0.15, -0.1) is 0 Å². The van der Waals surface area contributed by atoms with E-state index in [4.69, 9.17) is 16.3 Å². The molecule has 6 nitrogen and oxygen atoms in total. The first-order valence-electron chi connectivity index (χ1n) is 7.59. The van der Waals surface area contributed by atoms with Crippen molar-refractivity contribution in [1.82, 2.24) is 15.0 Å². The Kier molecular flexibility index (Phi) is 4.93. The lowest BCUT2D eigenvalue weighted by molar-refractivity contribution is 0.118. The van der Waals surface area contributed by atoms with Crippen LogP contribution in [0, 0.1) is 6.92 Å². The molecule has 2 aromatic rings. The number of halogens is 1. The molecule has 23 heavy (non-hydrogen) atoms. The molecule has 1 N–H and O–H groups in total. The van der Waals surface area contributed by atoms with Crippen LogP contribution >= 0.6 is 11.6 Å². The third-order valence-corrected chi connectivity index (χ3v) is 4.63. The number of nitrogens with zero attached hydrogens (tertiary/aromatic N) is 4. The molecule has 0 aromatic carbocycles. The summed E-state index contributed by atoms with van der Waals surface area (Å²) in [6.07, 6.45) is 6.21. The molecule has 7 heteroatoms. The Bertz CT molecular complexity index is 654. The van der Waals surface area contributed by atoms with E-state index in [9.17, 15) is 0 Å². The van der Waals surface area contributed by atoms with Gasteiger partial charge in [-0.1, -0.05) is 11.6 Å². The number of hydrogen-bond acceptors (Lipinski definition) is 6. The van der Waals surface area contributed by atoms with E-state index in [0.717, 1.165) is 36.7 Å². The number of pyridine rings is 1. The molecule has 2 atom stereocenters. The molecule has 0 amide bonds. The van der Waals surface area contributed by atoms with E-state index in [1.54, 1.807) is 25.8 Å². The zero-order chi connectivity index (χ0) is 16.2. The Balaban J connectivity index is 1.73. The number of nitrogens with one attached hydrogen (secondary N) is 1. The summed E-state index contributed by atoms with van der Waals surface area (Å²) >= 11 is 6.30. The number of rotatable bonds is 5. The number of aryl methyl sites for hydroxylation is 1. The standard InChI is InChI=1S/C16H20ClN5O/c1-11-3-6-19-16(15(11)17)20-8-12-7-13(23-2)9-22(12)14-4-5-18-10-21-14/h3-6,10,12-13H,7-9H2,1-2H3,(H,19,20)/t12-,13-/m1/s1. The van der Waals surface area contributed by atoms with Gasteiger partial charge in [-0.05, 0) is 31.0 Å². The van der Waals surface area contributed by atoms with Crippen LogP contribution in [0.2, 0.25) is 5.02 Å². The van der Waals surface area contributed by atoms with Crippen molar-refractivity contribution in [2.45, 2.75) is 25.5 Å². The molecule has 3 rings (SSSR count). The van der Waals surface area contributed by atoms with Gasteiger partial charge in [0.15, 0.2) is 0 Å². The van der Waals surface area contributed by atoms with Crippen molar-refractivity contribution in [2.75, 3.05) is 30.4 Å². The topological polar surface area (TPSA) is 63.2 Å².